The van der Waals surface area contributed by atoms with Gasteiger partial charge in [-0.15, -0.1) is 21.5 Å². The van der Waals surface area contributed by atoms with Crippen LogP contribution in [0.3, 0.4) is 0 Å². The minimum absolute atomic E-state index is 0.277. The SMILES string of the molecule is O=C(CSc1nnc(Cc2cccs2)n1C1CC1)N1CC[C@H]2CCCC[C@H]2C1. The quantitative estimate of drug-likeness (QED) is 0.655. The van der Waals surface area contributed by atoms with Gasteiger partial charge >= 0.3 is 0 Å². The number of likely N-dealkylation sites (tertiary alicyclic amines) is 1. The van der Waals surface area contributed by atoms with Crippen LogP contribution in [0, 0.1) is 11.8 Å². The zero-order valence-electron chi connectivity index (χ0n) is 16.3. The molecule has 0 unspecified atom stereocenters. The highest BCUT2D eigenvalue weighted by molar-refractivity contribution is 7.99. The molecule has 2 aromatic heterocycles. The second kappa shape index (κ2) is 8.19. The fourth-order valence-electron chi connectivity index (χ4n) is 4.84. The first-order valence-electron chi connectivity index (χ1n) is 10.6. The van der Waals surface area contributed by atoms with Crippen molar-refractivity contribution >= 4 is 29.0 Å². The highest BCUT2D eigenvalue weighted by atomic mass is 32.2. The number of hydrogen-bond donors (Lipinski definition) is 0. The smallest absolute Gasteiger partial charge is 0.233 e. The first-order valence-corrected chi connectivity index (χ1v) is 12.5. The number of aromatic nitrogens is 3. The number of carbonyl (C=O) groups excluding carboxylic acids is 1. The summed E-state index contributed by atoms with van der Waals surface area (Å²) in [5, 5.41) is 12.0. The molecule has 1 saturated heterocycles. The average Bonchev–Trinajstić information content (AvgIpc) is 3.28. The van der Waals surface area contributed by atoms with Gasteiger partial charge in [0.05, 0.1) is 5.75 Å². The number of amides is 1. The number of hydrogen-bond acceptors (Lipinski definition) is 5. The van der Waals surface area contributed by atoms with Crippen LogP contribution in [-0.4, -0.2) is 44.4 Å². The Kier molecular flexibility index (Phi) is 5.46. The third-order valence-electron chi connectivity index (χ3n) is 6.53. The van der Waals surface area contributed by atoms with Crippen LogP contribution in [0.4, 0.5) is 0 Å². The second-order valence-corrected chi connectivity index (χ2v) is 10.5. The van der Waals surface area contributed by atoms with Gasteiger partial charge in [0.2, 0.25) is 5.91 Å². The Hall–Kier alpha value is -1.34. The van der Waals surface area contributed by atoms with Crippen molar-refractivity contribution in [3.05, 3.63) is 28.2 Å². The summed E-state index contributed by atoms with van der Waals surface area (Å²) < 4.78 is 2.30. The van der Waals surface area contributed by atoms with Gasteiger partial charge in [0.15, 0.2) is 5.16 Å². The molecule has 2 aliphatic carbocycles. The Balaban J connectivity index is 1.22. The van der Waals surface area contributed by atoms with Gasteiger partial charge in [-0.1, -0.05) is 37.1 Å². The summed E-state index contributed by atoms with van der Waals surface area (Å²) in [5.41, 5.74) is 0. The van der Waals surface area contributed by atoms with E-state index >= 15 is 0 Å². The number of carbonyl (C=O) groups is 1. The van der Waals surface area contributed by atoms with E-state index in [0.29, 0.717) is 11.8 Å². The Morgan fingerprint density at radius 2 is 2.00 bits per heavy atom. The molecule has 0 aromatic carbocycles. The monoisotopic (exact) mass is 416 g/mol. The van der Waals surface area contributed by atoms with Gasteiger partial charge in [-0.3, -0.25) is 4.79 Å². The van der Waals surface area contributed by atoms with E-state index in [1.807, 2.05) is 0 Å². The van der Waals surface area contributed by atoms with E-state index in [4.69, 9.17) is 0 Å². The number of thioether (sulfide) groups is 1. The maximum absolute atomic E-state index is 12.9. The van der Waals surface area contributed by atoms with Gasteiger partial charge < -0.3 is 9.47 Å². The van der Waals surface area contributed by atoms with Crippen LogP contribution in [0.5, 0.6) is 0 Å². The molecular formula is C21H28N4OS2. The lowest BCUT2D eigenvalue weighted by atomic mass is 9.75. The summed E-state index contributed by atoms with van der Waals surface area (Å²) >= 11 is 3.35. The Morgan fingerprint density at radius 3 is 2.79 bits per heavy atom. The average molecular weight is 417 g/mol. The van der Waals surface area contributed by atoms with Crippen LogP contribution in [0.1, 0.15) is 61.7 Å². The molecule has 0 N–H and O–H groups in total. The van der Waals surface area contributed by atoms with E-state index in [2.05, 4.69) is 37.2 Å². The minimum atomic E-state index is 0.277. The van der Waals surface area contributed by atoms with Crippen molar-refractivity contribution in [1.82, 2.24) is 19.7 Å². The van der Waals surface area contributed by atoms with Crippen LogP contribution in [-0.2, 0) is 11.2 Å². The lowest BCUT2D eigenvalue weighted by molar-refractivity contribution is -0.131. The second-order valence-electron chi connectivity index (χ2n) is 8.48. The molecule has 7 heteroatoms. The summed E-state index contributed by atoms with van der Waals surface area (Å²) in [6.45, 7) is 1.92. The maximum Gasteiger partial charge on any atom is 0.233 e. The molecule has 2 atom stereocenters. The zero-order valence-corrected chi connectivity index (χ0v) is 17.9. The fraction of sp³-hybridized carbons (Fsp3) is 0.667. The van der Waals surface area contributed by atoms with Crippen molar-refractivity contribution in [1.29, 1.82) is 0 Å². The number of piperidine rings is 1. The van der Waals surface area contributed by atoms with Crippen molar-refractivity contribution in [2.75, 3.05) is 18.8 Å². The van der Waals surface area contributed by atoms with Crippen LogP contribution < -0.4 is 0 Å². The molecule has 3 aliphatic rings. The topological polar surface area (TPSA) is 51.0 Å². The third-order valence-corrected chi connectivity index (χ3v) is 8.33. The van der Waals surface area contributed by atoms with Crippen LogP contribution in [0.15, 0.2) is 22.7 Å². The standard InChI is InChI=1S/C21H28N4OS2/c26-20(24-10-9-15-4-1-2-5-16(15)13-24)14-28-21-23-22-19(25(21)17-7-8-17)12-18-6-3-11-27-18/h3,6,11,15-17H,1-2,4-5,7-10,12-14H2/t15-,16+/m1/s1. The van der Waals surface area contributed by atoms with E-state index in [9.17, 15) is 4.79 Å². The normalized spacial score (nSPS) is 24.9. The molecule has 3 fully saturated rings. The van der Waals surface area contributed by atoms with Crippen molar-refractivity contribution in [2.24, 2.45) is 11.8 Å². The Morgan fingerprint density at radius 1 is 1.14 bits per heavy atom. The number of nitrogens with zero attached hydrogens (tertiary/aromatic N) is 4. The van der Waals surface area contributed by atoms with E-state index in [-0.39, 0.29) is 5.91 Å². The Labute approximate surface area is 174 Å². The predicted octanol–water partition coefficient (Wildman–Crippen LogP) is 4.40. The first kappa shape index (κ1) is 18.7. The van der Waals surface area contributed by atoms with Gasteiger partial charge in [0.25, 0.3) is 0 Å². The summed E-state index contributed by atoms with van der Waals surface area (Å²) in [4.78, 5) is 16.3. The first-order chi connectivity index (χ1) is 13.8. The molecule has 5 rings (SSSR count). The summed E-state index contributed by atoms with van der Waals surface area (Å²) in [6.07, 6.45) is 9.85. The molecule has 150 valence electrons. The van der Waals surface area contributed by atoms with Crippen LogP contribution >= 0.6 is 23.1 Å². The fourth-order valence-corrected chi connectivity index (χ4v) is 6.47. The third kappa shape index (κ3) is 4.01. The van der Waals surface area contributed by atoms with Crippen molar-refractivity contribution < 1.29 is 4.79 Å². The van der Waals surface area contributed by atoms with Crippen LogP contribution in [0.2, 0.25) is 0 Å². The van der Waals surface area contributed by atoms with Gasteiger partial charge in [-0.2, -0.15) is 0 Å². The van der Waals surface area contributed by atoms with Crippen molar-refractivity contribution in [3.63, 3.8) is 0 Å². The molecule has 28 heavy (non-hydrogen) atoms. The Bertz CT molecular complexity index is 814. The molecular weight excluding hydrogens is 388 g/mol. The molecule has 2 saturated carbocycles. The molecule has 1 aliphatic heterocycles. The van der Waals surface area contributed by atoms with Crippen LogP contribution in [0.25, 0.3) is 0 Å². The maximum atomic E-state index is 12.9. The summed E-state index contributed by atoms with van der Waals surface area (Å²) in [6, 6.07) is 4.77. The number of rotatable bonds is 6. The molecule has 0 bridgehead atoms. The number of thiophene rings is 1. The molecule has 5 nitrogen and oxygen atoms in total. The van der Waals surface area contributed by atoms with Crippen molar-refractivity contribution in [2.45, 2.75) is 62.6 Å². The highest BCUT2D eigenvalue weighted by Gasteiger charge is 2.34. The lowest BCUT2D eigenvalue weighted by Crippen LogP contribution is -2.45. The molecule has 0 spiro atoms. The van der Waals surface area contributed by atoms with E-state index in [1.165, 1.54) is 49.8 Å². The number of fused-ring (bicyclic) bond motifs is 1. The lowest BCUT2D eigenvalue weighted by Gasteiger charge is -2.41. The van der Waals surface area contributed by atoms with E-state index in [0.717, 1.165) is 42.3 Å². The minimum Gasteiger partial charge on any atom is -0.342 e. The zero-order chi connectivity index (χ0) is 18.9. The molecule has 0 radical (unpaired) electrons. The molecule has 1 amide bonds. The van der Waals surface area contributed by atoms with Gasteiger partial charge in [-0.05, 0) is 49.0 Å². The summed E-state index contributed by atoms with van der Waals surface area (Å²) in [7, 11) is 0. The van der Waals surface area contributed by atoms with Gasteiger partial charge in [0.1, 0.15) is 5.82 Å². The molecule has 3 heterocycles. The van der Waals surface area contributed by atoms with E-state index < -0.39 is 0 Å². The van der Waals surface area contributed by atoms with Gasteiger partial charge in [0, 0.05) is 30.4 Å². The summed E-state index contributed by atoms with van der Waals surface area (Å²) in [5.74, 6) is 3.41. The largest absolute Gasteiger partial charge is 0.342 e. The molecule has 2 aromatic rings. The highest BCUT2D eigenvalue weighted by Crippen LogP contribution is 2.40. The van der Waals surface area contributed by atoms with Crippen molar-refractivity contribution in [3.8, 4) is 0 Å². The van der Waals surface area contributed by atoms with Gasteiger partial charge in [-0.25, -0.2) is 0 Å². The van der Waals surface area contributed by atoms with E-state index in [1.54, 1.807) is 23.1 Å². The predicted molar refractivity (Wildman–Crippen MR) is 113 cm³/mol.